The molecule has 0 heterocycles. The monoisotopic (exact) mass is 544 g/mol. The summed E-state index contributed by atoms with van der Waals surface area (Å²) in [4.78, 5) is 10.6. The number of ether oxygens (including phenoxy) is 1. The highest BCUT2D eigenvalue weighted by atomic mass is 28.4. The van der Waals surface area contributed by atoms with Crippen molar-refractivity contribution in [2.75, 3.05) is 7.11 Å². The average Bonchev–Trinajstić information content (AvgIpc) is 2.78. The largest absolute Gasteiger partial charge is 0.408 e. The Bertz CT molecular complexity index is 919. The van der Waals surface area contributed by atoms with Gasteiger partial charge >= 0.3 is 0 Å². The molecule has 0 aliphatic heterocycles. The Labute approximate surface area is 229 Å². The summed E-state index contributed by atoms with van der Waals surface area (Å²) >= 11 is 0. The highest BCUT2D eigenvalue weighted by Gasteiger charge is 2.44. The molecule has 0 aliphatic carbocycles. The van der Waals surface area contributed by atoms with Crippen LogP contribution in [0.15, 0.2) is 66.3 Å². The Morgan fingerprint density at radius 3 is 1.92 bits per heavy atom. The van der Waals surface area contributed by atoms with E-state index in [0.29, 0.717) is 6.42 Å². The number of rotatable bonds is 13. The van der Waals surface area contributed by atoms with Crippen molar-refractivity contribution in [3.05, 3.63) is 71.8 Å². The van der Waals surface area contributed by atoms with Gasteiger partial charge in [-0.1, -0.05) is 96.2 Å². The van der Waals surface area contributed by atoms with Crippen molar-refractivity contribution in [1.82, 2.24) is 0 Å². The van der Waals surface area contributed by atoms with Gasteiger partial charge in [0, 0.05) is 7.11 Å². The lowest BCUT2D eigenvalue weighted by Crippen LogP contribution is -2.48. The van der Waals surface area contributed by atoms with Gasteiger partial charge in [0.05, 0.1) is 18.3 Å². The first kappa shape index (κ1) is 33.5. The molecule has 0 saturated carbocycles. The predicted octanol–water partition coefficient (Wildman–Crippen LogP) is 8.80. The molecule has 1 aromatic rings. The molecule has 208 valence electrons. The van der Waals surface area contributed by atoms with Gasteiger partial charge in [0.2, 0.25) is 0 Å². The number of hydrogen-bond donors (Lipinski definition) is 0. The molecule has 0 spiro atoms. The number of aldehydes is 1. The van der Waals surface area contributed by atoms with Crippen LogP contribution in [0, 0.1) is 0 Å². The van der Waals surface area contributed by atoms with E-state index < -0.39 is 16.6 Å². The molecule has 0 aliphatic rings. The van der Waals surface area contributed by atoms with E-state index in [1.54, 1.807) is 7.11 Å². The number of carbonyl (C=O) groups excluding carboxylic acids is 1. The molecule has 4 nitrogen and oxygen atoms in total. The summed E-state index contributed by atoms with van der Waals surface area (Å²) < 4.78 is 19.8. The molecular formula is C31H52O4Si2. The third-order valence-corrected chi connectivity index (χ3v) is 16.8. The van der Waals surface area contributed by atoms with Gasteiger partial charge in [-0.3, -0.25) is 4.79 Å². The minimum atomic E-state index is -2.12. The quantitative estimate of drug-likeness (QED) is 0.108. The Kier molecular flexibility index (Phi) is 12.7. The van der Waals surface area contributed by atoms with Crippen LogP contribution in [0.4, 0.5) is 0 Å². The standard InChI is InChI=1S/C31H52O4Si2/c1-25(27(33-8)22-16-17-24-32)19-18-23-28(34-36(9,10)30(2,3)4)29(26-20-14-13-15-21-26)35-37(11,12)31(5,6)7/h13-21,23-24,27-29H,22H2,1-12H3/b17-16+,23-18+,25-19+. The second-order valence-electron chi connectivity index (χ2n) is 12.9. The molecule has 0 N–H and O–H groups in total. The highest BCUT2D eigenvalue weighted by molar-refractivity contribution is 6.74. The van der Waals surface area contributed by atoms with Crippen molar-refractivity contribution in [2.24, 2.45) is 0 Å². The van der Waals surface area contributed by atoms with Crippen LogP contribution in [-0.4, -0.2) is 42.2 Å². The van der Waals surface area contributed by atoms with Crippen molar-refractivity contribution in [2.45, 2.75) is 109 Å². The smallest absolute Gasteiger partial charge is 0.193 e. The minimum absolute atomic E-state index is 0.0646. The van der Waals surface area contributed by atoms with E-state index in [1.807, 2.05) is 12.1 Å². The van der Waals surface area contributed by atoms with E-state index in [1.165, 1.54) is 6.08 Å². The summed E-state index contributed by atoms with van der Waals surface area (Å²) in [5, 5.41) is 0.137. The van der Waals surface area contributed by atoms with Crippen LogP contribution in [0.2, 0.25) is 36.3 Å². The van der Waals surface area contributed by atoms with Gasteiger partial charge in [-0.25, -0.2) is 0 Å². The fourth-order valence-electron chi connectivity index (χ4n) is 3.33. The van der Waals surface area contributed by atoms with Gasteiger partial charge in [-0.15, -0.1) is 0 Å². The fraction of sp³-hybridized carbons (Fsp3) is 0.581. The van der Waals surface area contributed by atoms with Gasteiger partial charge in [0.25, 0.3) is 0 Å². The van der Waals surface area contributed by atoms with Crippen molar-refractivity contribution in [1.29, 1.82) is 0 Å². The Hall–Kier alpha value is -1.58. The summed E-state index contributed by atoms with van der Waals surface area (Å²) in [5.74, 6) is 0. The molecule has 3 atom stereocenters. The molecule has 0 aromatic heterocycles. The molecule has 0 saturated heterocycles. The predicted molar refractivity (Wildman–Crippen MR) is 163 cm³/mol. The molecule has 0 fully saturated rings. The van der Waals surface area contributed by atoms with Crippen molar-refractivity contribution < 1.29 is 18.4 Å². The Balaban J connectivity index is 3.53. The second-order valence-corrected chi connectivity index (χ2v) is 22.4. The zero-order chi connectivity index (χ0) is 28.5. The zero-order valence-electron chi connectivity index (χ0n) is 25.4. The van der Waals surface area contributed by atoms with E-state index in [9.17, 15) is 4.79 Å². The highest BCUT2D eigenvalue weighted by Crippen LogP contribution is 2.43. The number of benzene rings is 1. The van der Waals surface area contributed by atoms with Crippen LogP contribution in [0.3, 0.4) is 0 Å². The van der Waals surface area contributed by atoms with Gasteiger partial charge < -0.3 is 13.6 Å². The van der Waals surface area contributed by atoms with E-state index in [2.05, 4.69) is 117 Å². The molecule has 0 radical (unpaired) electrons. The first-order chi connectivity index (χ1) is 17.0. The number of allylic oxidation sites excluding steroid dienone is 3. The Morgan fingerprint density at radius 1 is 0.892 bits per heavy atom. The first-order valence-corrected chi connectivity index (χ1v) is 19.2. The topological polar surface area (TPSA) is 44.8 Å². The van der Waals surface area contributed by atoms with Gasteiger partial charge in [0.1, 0.15) is 6.29 Å². The van der Waals surface area contributed by atoms with E-state index in [0.717, 1.165) is 17.4 Å². The third-order valence-electron chi connectivity index (χ3n) is 7.91. The maximum atomic E-state index is 10.6. The summed E-state index contributed by atoms with van der Waals surface area (Å²) in [5.41, 5.74) is 2.22. The van der Waals surface area contributed by atoms with Crippen molar-refractivity contribution >= 4 is 22.9 Å². The number of hydrogen-bond acceptors (Lipinski definition) is 4. The SMILES string of the molecule is COC(C/C=C/C=O)/C(C)=C/C=C/C(O[Si](C)(C)C(C)(C)C)C(O[Si](C)(C)C(C)(C)C)c1ccccc1. The van der Waals surface area contributed by atoms with Crippen LogP contribution in [0.5, 0.6) is 0 Å². The molecule has 0 bridgehead atoms. The van der Waals surface area contributed by atoms with Gasteiger partial charge in [-0.2, -0.15) is 0 Å². The number of methoxy groups -OCH3 is 1. The summed E-state index contributed by atoms with van der Waals surface area (Å²) in [6.45, 7) is 24.9. The summed E-state index contributed by atoms with van der Waals surface area (Å²) in [6, 6.07) is 10.5. The molecule has 6 heteroatoms. The fourth-order valence-corrected chi connectivity index (χ4v) is 5.83. The lowest BCUT2D eigenvalue weighted by molar-refractivity contribution is -0.104. The van der Waals surface area contributed by atoms with Gasteiger partial charge in [-0.05, 0) is 66.8 Å². The molecule has 0 amide bonds. The van der Waals surface area contributed by atoms with Crippen LogP contribution in [0.1, 0.15) is 66.6 Å². The lowest BCUT2D eigenvalue weighted by Gasteiger charge is -2.44. The van der Waals surface area contributed by atoms with Crippen molar-refractivity contribution in [3.8, 4) is 0 Å². The molecule has 3 unspecified atom stereocenters. The molecule has 1 rings (SSSR count). The molecule has 37 heavy (non-hydrogen) atoms. The maximum absolute atomic E-state index is 10.6. The number of carbonyl (C=O) groups is 1. The lowest BCUT2D eigenvalue weighted by atomic mass is 10.0. The maximum Gasteiger partial charge on any atom is 0.193 e. The third kappa shape index (κ3) is 10.2. The Morgan fingerprint density at radius 2 is 1.43 bits per heavy atom. The van der Waals surface area contributed by atoms with E-state index >= 15 is 0 Å². The van der Waals surface area contributed by atoms with E-state index in [-0.39, 0.29) is 28.4 Å². The second kappa shape index (κ2) is 14.0. The van der Waals surface area contributed by atoms with Crippen LogP contribution in [0.25, 0.3) is 0 Å². The van der Waals surface area contributed by atoms with Gasteiger partial charge in [0.15, 0.2) is 16.6 Å². The average molecular weight is 545 g/mol. The van der Waals surface area contributed by atoms with Crippen LogP contribution in [-0.2, 0) is 18.4 Å². The summed E-state index contributed by atoms with van der Waals surface area (Å²) in [7, 11) is -2.53. The minimum Gasteiger partial charge on any atom is -0.408 e. The van der Waals surface area contributed by atoms with Crippen molar-refractivity contribution in [3.63, 3.8) is 0 Å². The van der Waals surface area contributed by atoms with Crippen LogP contribution >= 0.6 is 0 Å². The van der Waals surface area contributed by atoms with Crippen LogP contribution < -0.4 is 0 Å². The summed E-state index contributed by atoms with van der Waals surface area (Å²) in [6.07, 6.45) is 10.6. The first-order valence-electron chi connectivity index (χ1n) is 13.4. The zero-order valence-corrected chi connectivity index (χ0v) is 27.4. The molecule has 1 aromatic carbocycles. The molecular weight excluding hydrogens is 493 g/mol. The normalized spacial score (nSPS) is 16.8. The van der Waals surface area contributed by atoms with E-state index in [4.69, 9.17) is 13.6 Å².